The molecule has 1 N–H and O–H groups in total. The number of ether oxygens (including phenoxy) is 1. The average molecular weight is 225 g/mol. The maximum atomic E-state index is 11.1. The van der Waals surface area contributed by atoms with Crippen LogP contribution in [0.2, 0.25) is 0 Å². The van der Waals surface area contributed by atoms with E-state index >= 15 is 0 Å². The van der Waals surface area contributed by atoms with Gasteiger partial charge in [0.25, 0.3) is 0 Å². The lowest BCUT2D eigenvalue weighted by Gasteiger charge is -2.34. The summed E-state index contributed by atoms with van der Waals surface area (Å²) in [6.07, 6.45) is 5.63. The number of aliphatic hydroxyl groups is 1. The van der Waals surface area contributed by atoms with Crippen molar-refractivity contribution >= 4 is 5.78 Å². The molecule has 0 unspecified atom stereocenters. The molecule has 0 aromatic heterocycles. The van der Waals surface area contributed by atoms with Gasteiger partial charge in [-0.25, -0.2) is 0 Å². The minimum Gasteiger partial charge on any atom is -0.394 e. The first-order valence-electron chi connectivity index (χ1n) is 6.00. The normalized spacial score (nSPS) is 22.7. The van der Waals surface area contributed by atoms with Crippen LogP contribution in [0.5, 0.6) is 0 Å². The summed E-state index contributed by atoms with van der Waals surface area (Å²) in [5.41, 5.74) is 1.20. The number of hydrogen-bond donors (Lipinski definition) is 1. The topological polar surface area (TPSA) is 49.8 Å². The fourth-order valence-corrected chi connectivity index (χ4v) is 2.36. The Morgan fingerprint density at radius 3 is 2.69 bits per heavy atom. The van der Waals surface area contributed by atoms with Crippen molar-refractivity contribution in [3.05, 3.63) is 11.8 Å². The standard InChI is InChI=1S/C12H19NO3/c14-7-8-16-12-3-5-13(6-4-12)10-1-2-11(15)9-10/h9,12,14H,1-8H2. The van der Waals surface area contributed by atoms with E-state index in [1.54, 1.807) is 6.08 Å². The van der Waals surface area contributed by atoms with Crippen LogP contribution in [0, 0.1) is 0 Å². The van der Waals surface area contributed by atoms with Crippen molar-refractivity contribution < 1.29 is 14.6 Å². The van der Waals surface area contributed by atoms with E-state index in [2.05, 4.69) is 4.90 Å². The Bertz CT molecular complexity index is 280. The Kier molecular flexibility index (Phi) is 3.96. The van der Waals surface area contributed by atoms with Gasteiger partial charge in [-0.1, -0.05) is 0 Å². The Balaban J connectivity index is 1.77. The lowest BCUT2D eigenvalue weighted by Crippen LogP contribution is -2.36. The van der Waals surface area contributed by atoms with Gasteiger partial charge in [0.05, 0.1) is 19.3 Å². The number of nitrogens with zero attached hydrogens (tertiary/aromatic N) is 1. The molecule has 16 heavy (non-hydrogen) atoms. The maximum absolute atomic E-state index is 11.1. The molecular formula is C12H19NO3. The van der Waals surface area contributed by atoms with Crippen molar-refractivity contribution in [1.29, 1.82) is 0 Å². The molecule has 0 aromatic rings. The first-order chi connectivity index (χ1) is 7.79. The minimum absolute atomic E-state index is 0.0971. The van der Waals surface area contributed by atoms with Crippen LogP contribution in [-0.4, -0.2) is 48.2 Å². The number of rotatable bonds is 4. The van der Waals surface area contributed by atoms with Gasteiger partial charge in [-0.15, -0.1) is 0 Å². The molecule has 1 fully saturated rings. The Morgan fingerprint density at radius 1 is 1.38 bits per heavy atom. The first kappa shape index (κ1) is 11.6. The van der Waals surface area contributed by atoms with E-state index in [1.807, 2.05) is 0 Å². The summed E-state index contributed by atoms with van der Waals surface area (Å²) in [5, 5.41) is 8.67. The average Bonchev–Trinajstić information content (AvgIpc) is 2.74. The van der Waals surface area contributed by atoms with E-state index in [0.717, 1.165) is 32.4 Å². The highest BCUT2D eigenvalue weighted by Crippen LogP contribution is 2.24. The van der Waals surface area contributed by atoms with Crippen LogP contribution in [-0.2, 0) is 9.53 Å². The number of carbonyl (C=O) groups excluding carboxylic acids is 1. The molecule has 4 heteroatoms. The number of piperidine rings is 1. The third-order valence-electron chi connectivity index (χ3n) is 3.25. The van der Waals surface area contributed by atoms with Crippen molar-refractivity contribution in [3.63, 3.8) is 0 Å². The molecule has 1 aliphatic heterocycles. The zero-order valence-corrected chi connectivity index (χ0v) is 9.52. The fraction of sp³-hybridized carbons (Fsp3) is 0.750. The first-order valence-corrected chi connectivity index (χ1v) is 6.00. The van der Waals surface area contributed by atoms with Gasteiger partial charge in [-0.3, -0.25) is 4.79 Å². The predicted octanol–water partition coefficient (Wildman–Crippen LogP) is 0.706. The molecule has 2 rings (SSSR count). The summed E-state index contributed by atoms with van der Waals surface area (Å²) in [6, 6.07) is 0. The van der Waals surface area contributed by atoms with Gasteiger partial charge >= 0.3 is 0 Å². The molecule has 1 heterocycles. The molecule has 0 bridgehead atoms. The van der Waals surface area contributed by atoms with Crippen molar-refractivity contribution in [1.82, 2.24) is 4.90 Å². The zero-order chi connectivity index (χ0) is 11.4. The van der Waals surface area contributed by atoms with E-state index in [4.69, 9.17) is 9.84 Å². The summed E-state index contributed by atoms with van der Waals surface area (Å²) < 4.78 is 5.50. The Hall–Kier alpha value is -0.870. The number of aliphatic hydroxyl groups excluding tert-OH is 1. The van der Waals surface area contributed by atoms with E-state index in [9.17, 15) is 4.79 Å². The highest BCUT2D eigenvalue weighted by molar-refractivity contribution is 5.92. The molecule has 2 aliphatic rings. The maximum Gasteiger partial charge on any atom is 0.157 e. The Labute approximate surface area is 95.9 Å². The number of hydrogen-bond acceptors (Lipinski definition) is 4. The molecule has 0 amide bonds. The van der Waals surface area contributed by atoms with Crippen LogP contribution >= 0.6 is 0 Å². The van der Waals surface area contributed by atoms with E-state index < -0.39 is 0 Å². The molecule has 1 saturated heterocycles. The van der Waals surface area contributed by atoms with Crippen LogP contribution in [0.15, 0.2) is 11.8 Å². The minimum atomic E-state index is 0.0971. The van der Waals surface area contributed by atoms with Crippen LogP contribution in [0.25, 0.3) is 0 Å². The quantitative estimate of drug-likeness (QED) is 0.765. The van der Waals surface area contributed by atoms with Crippen molar-refractivity contribution in [2.24, 2.45) is 0 Å². The summed E-state index contributed by atoms with van der Waals surface area (Å²) in [4.78, 5) is 13.4. The molecule has 4 nitrogen and oxygen atoms in total. The second kappa shape index (κ2) is 5.46. The van der Waals surface area contributed by atoms with Gasteiger partial charge in [-0.2, -0.15) is 0 Å². The summed E-state index contributed by atoms with van der Waals surface area (Å²) in [5.74, 6) is 0.258. The predicted molar refractivity (Wildman–Crippen MR) is 60.0 cm³/mol. The van der Waals surface area contributed by atoms with Crippen LogP contribution < -0.4 is 0 Å². The van der Waals surface area contributed by atoms with E-state index in [0.29, 0.717) is 13.0 Å². The number of likely N-dealkylation sites (tertiary alicyclic amines) is 1. The summed E-state index contributed by atoms with van der Waals surface area (Å²) in [6.45, 7) is 2.47. The third kappa shape index (κ3) is 2.83. The largest absolute Gasteiger partial charge is 0.394 e. The molecular weight excluding hydrogens is 206 g/mol. The van der Waals surface area contributed by atoms with Gasteiger partial charge in [0.15, 0.2) is 5.78 Å². The lowest BCUT2D eigenvalue weighted by molar-refractivity contribution is -0.114. The van der Waals surface area contributed by atoms with Crippen molar-refractivity contribution in [2.75, 3.05) is 26.3 Å². The SMILES string of the molecule is O=C1C=C(N2CCC(OCCO)CC2)CC1. The van der Waals surface area contributed by atoms with E-state index in [-0.39, 0.29) is 18.5 Å². The molecule has 0 radical (unpaired) electrons. The molecule has 0 saturated carbocycles. The van der Waals surface area contributed by atoms with Gasteiger partial charge in [0.1, 0.15) is 0 Å². The summed E-state index contributed by atoms with van der Waals surface area (Å²) in [7, 11) is 0. The zero-order valence-electron chi connectivity index (χ0n) is 9.52. The monoisotopic (exact) mass is 225 g/mol. The second-order valence-electron chi connectivity index (χ2n) is 4.38. The fourth-order valence-electron chi connectivity index (χ4n) is 2.36. The Morgan fingerprint density at radius 2 is 2.12 bits per heavy atom. The van der Waals surface area contributed by atoms with Gasteiger partial charge < -0.3 is 14.7 Å². The smallest absolute Gasteiger partial charge is 0.157 e. The number of carbonyl (C=O) groups is 1. The van der Waals surface area contributed by atoms with Crippen LogP contribution in [0.1, 0.15) is 25.7 Å². The van der Waals surface area contributed by atoms with Crippen molar-refractivity contribution in [3.8, 4) is 0 Å². The number of ketones is 1. The molecule has 0 atom stereocenters. The lowest BCUT2D eigenvalue weighted by atomic mass is 10.1. The summed E-state index contributed by atoms with van der Waals surface area (Å²) >= 11 is 0. The molecule has 0 aromatic carbocycles. The van der Waals surface area contributed by atoms with Crippen LogP contribution in [0.3, 0.4) is 0 Å². The van der Waals surface area contributed by atoms with Crippen molar-refractivity contribution in [2.45, 2.75) is 31.8 Å². The van der Waals surface area contributed by atoms with Gasteiger partial charge in [0, 0.05) is 31.3 Å². The third-order valence-corrected chi connectivity index (χ3v) is 3.25. The highest BCUT2D eigenvalue weighted by atomic mass is 16.5. The van der Waals surface area contributed by atoms with Crippen LogP contribution in [0.4, 0.5) is 0 Å². The molecule has 0 spiro atoms. The van der Waals surface area contributed by atoms with Gasteiger partial charge in [0.2, 0.25) is 0 Å². The second-order valence-corrected chi connectivity index (χ2v) is 4.38. The molecule has 1 aliphatic carbocycles. The van der Waals surface area contributed by atoms with Gasteiger partial charge in [-0.05, 0) is 19.3 Å². The number of allylic oxidation sites excluding steroid dienone is 2. The molecule has 90 valence electrons. The highest BCUT2D eigenvalue weighted by Gasteiger charge is 2.23. The van der Waals surface area contributed by atoms with E-state index in [1.165, 1.54) is 5.70 Å².